The van der Waals surface area contributed by atoms with E-state index in [1.165, 1.54) is 16.5 Å². The maximum Gasteiger partial charge on any atom is 0.124 e. The predicted octanol–water partition coefficient (Wildman–Crippen LogP) is 2.49. The minimum Gasteiger partial charge on any atom is -0.493 e. The van der Waals surface area contributed by atoms with Crippen molar-refractivity contribution in [3.05, 3.63) is 30.0 Å². The highest BCUT2D eigenvalue weighted by Crippen LogP contribution is 2.29. The molecular formula is C11H11NO. The average Bonchev–Trinajstić information content (AvgIpc) is 2.61. The molecule has 0 atom stereocenters. The molecule has 1 aliphatic rings. The molecule has 1 aromatic heterocycles. The van der Waals surface area contributed by atoms with E-state index in [4.69, 9.17) is 4.74 Å². The first-order valence-corrected chi connectivity index (χ1v) is 4.66. The summed E-state index contributed by atoms with van der Waals surface area (Å²) in [5.74, 6) is 1.06. The van der Waals surface area contributed by atoms with Crippen molar-refractivity contribution >= 4 is 10.9 Å². The van der Waals surface area contributed by atoms with Crippen LogP contribution in [0.5, 0.6) is 5.75 Å². The summed E-state index contributed by atoms with van der Waals surface area (Å²) in [6.07, 6.45) is 4.26. The van der Waals surface area contributed by atoms with Gasteiger partial charge in [-0.05, 0) is 35.9 Å². The van der Waals surface area contributed by atoms with Gasteiger partial charge in [0.05, 0.1) is 6.61 Å². The van der Waals surface area contributed by atoms with Crippen molar-refractivity contribution in [2.24, 2.45) is 0 Å². The van der Waals surface area contributed by atoms with E-state index in [0.717, 1.165) is 25.2 Å². The molecule has 2 nitrogen and oxygen atoms in total. The van der Waals surface area contributed by atoms with Crippen molar-refractivity contribution in [3.8, 4) is 5.75 Å². The van der Waals surface area contributed by atoms with Gasteiger partial charge in [0.25, 0.3) is 0 Å². The van der Waals surface area contributed by atoms with E-state index >= 15 is 0 Å². The Morgan fingerprint density at radius 3 is 3.31 bits per heavy atom. The van der Waals surface area contributed by atoms with Crippen molar-refractivity contribution < 1.29 is 4.74 Å². The third kappa shape index (κ3) is 1.02. The molecule has 0 spiro atoms. The predicted molar refractivity (Wildman–Crippen MR) is 52.1 cm³/mol. The smallest absolute Gasteiger partial charge is 0.124 e. The monoisotopic (exact) mass is 173 g/mol. The van der Waals surface area contributed by atoms with Crippen LogP contribution in [0.2, 0.25) is 0 Å². The first-order chi connectivity index (χ1) is 6.43. The van der Waals surface area contributed by atoms with Crippen LogP contribution in [0.25, 0.3) is 10.9 Å². The molecule has 2 heterocycles. The number of rotatable bonds is 0. The number of nitrogens with one attached hydrogen (secondary N) is 1. The van der Waals surface area contributed by atoms with E-state index in [2.05, 4.69) is 23.2 Å². The van der Waals surface area contributed by atoms with Crippen molar-refractivity contribution in [1.29, 1.82) is 0 Å². The van der Waals surface area contributed by atoms with Gasteiger partial charge in [-0.25, -0.2) is 0 Å². The van der Waals surface area contributed by atoms with Gasteiger partial charge in [0.1, 0.15) is 5.75 Å². The fourth-order valence-corrected chi connectivity index (χ4v) is 1.90. The van der Waals surface area contributed by atoms with Crippen LogP contribution in [0.4, 0.5) is 0 Å². The zero-order valence-electron chi connectivity index (χ0n) is 7.34. The Kier molecular flexibility index (Phi) is 1.36. The van der Waals surface area contributed by atoms with E-state index in [9.17, 15) is 0 Å². The van der Waals surface area contributed by atoms with E-state index in [-0.39, 0.29) is 0 Å². The second-order valence-corrected chi connectivity index (χ2v) is 3.48. The van der Waals surface area contributed by atoms with Crippen molar-refractivity contribution in [2.75, 3.05) is 6.61 Å². The molecule has 0 bridgehead atoms. The molecule has 2 heteroatoms. The molecule has 0 saturated heterocycles. The Morgan fingerprint density at radius 2 is 2.31 bits per heavy atom. The van der Waals surface area contributed by atoms with Gasteiger partial charge in [-0.2, -0.15) is 0 Å². The summed E-state index contributed by atoms with van der Waals surface area (Å²) in [6, 6.07) is 6.42. The minimum absolute atomic E-state index is 0.860. The largest absolute Gasteiger partial charge is 0.493 e. The van der Waals surface area contributed by atoms with Gasteiger partial charge < -0.3 is 9.72 Å². The highest BCUT2D eigenvalue weighted by Gasteiger charge is 2.11. The van der Waals surface area contributed by atoms with Crippen molar-refractivity contribution in [3.63, 3.8) is 0 Å². The first-order valence-electron chi connectivity index (χ1n) is 4.66. The maximum absolute atomic E-state index is 5.58. The van der Waals surface area contributed by atoms with Crippen LogP contribution in [0.1, 0.15) is 12.0 Å². The van der Waals surface area contributed by atoms with Crippen LogP contribution in [-0.2, 0) is 6.42 Å². The molecular weight excluding hydrogens is 162 g/mol. The third-order valence-corrected chi connectivity index (χ3v) is 2.58. The summed E-state index contributed by atoms with van der Waals surface area (Å²) in [4.78, 5) is 3.19. The number of aromatic amines is 1. The average molecular weight is 173 g/mol. The van der Waals surface area contributed by atoms with Gasteiger partial charge in [0, 0.05) is 17.8 Å². The molecule has 1 N–H and O–H groups in total. The third-order valence-electron chi connectivity index (χ3n) is 2.58. The lowest BCUT2D eigenvalue weighted by atomic mass is 10.0. The normalized spacial score (nSPS) is 15.4. The molecule has 0 unspecified atom stereocenters. The summed E-state index contributed by atoms with van der Waals surface area (Å²) in [6.45, 7) is 0.860. The van der Waals surface area contributed by atoms with E-state index < -0.39 is 0 Å². The zero-order chi connectivity index (χ0) is 8.67. The Balaban J connectivity index is 2.28. The van der Waals surface area contributed by atoms with Crippen molar-refractivity contribution in [1.82, 2.24) is 4.98 Å². The highest BCUT2D eigenvalue weighted by molar-refractivity contribution is 5.82. The number of fused-ring (bicyclic) bond motifs is 2. The quantitative estimate of drug-likeness (QED) is 0.650. The number of hydrogen-bond acceptors (Lipinski definition) is 1. The Labute approximate surface area is 76.5 Å². The molecule has 0 radical (unpaired) electrons. The van der Waals surface area contributed by atoms with Crippen LogP contribution in [0, 0.1) is 0 Å². The number of H-pyrrole nitrogens is 1. The molecule has 0 aliphatic carbocycles. The van der Waals surface area contributed by atoms with Crippen LogP contribution in [-0.4, -0.2) is 11.6 Å². The Bertz CT molecular complexity index is 404. The number of benzene rings is 1. The van der Waals surface area contributed by atoms with Gasteiger partial charge in [-0.15, -0.1) is 0 Å². The molecule has 13 heavy (non-hydrogen) atoms. The number of hydrogen-bond donors (Lipinski definition) is 1. The lowest BCUT2D eigenvalue weighted by Crippen LogP contribution is -2.07. The lowest BCUT2D eigenvalue weighted by molar-refractivity contribution is 0.289. The van der Waals surface area contributed by atoms with E-state index in [1.807, 2.05) is 6.20 Å². The maximum atomic E-state index is 5.58. The summed E-state index contributed by atoms with van der Waals surface area (Å²) in [5.41, 5.74) is 2.51. The molecule has 0 fully saturated rings. The molecule has 1 aliphatic heterocycles. The first kappa shape index (κ1) is 7.01. The standard InChI is InChI=1S/C11H11NO/c1-2-9-6-8-3-4-12-10(8)7-11(9)13-5-1/h3-4,6-7,12H,1-2,5H2. The van der Waals surface area contributed by atoms with Crippen LogP contribution in [0.15, 0.2) is 24.4 Å². The number of aryl methyl sites for hydroxylation is 1. The minimum atomic E-state index is 0.860. The van der Waals surface area contributed by atoms with E-state index in [0.29, 0.717) is 0 Å². The summed E-state index contributed by atoms with van der Waals surface area (Å²) in [5, 5.41) is 1.28. The lowest BCUT2D eigenvalue weighted by Gasteiger charge is -2.16. The molecule has 66 valence electrons. The van der Waals surface area contributed by atoms with Gasteiger partial charge in [0.2, 0.25) is 0 Å². The fourth-order valence-electron chi connectivity index (χ4n) is 1.90. The fraction of sp³-hybridized carbons (Fsp3) is 0.273. The van der Waals surface area contributed by atoms with Gasteiger partial charge in [-0.1, -0.05) is 0 Å². The molecule has 0 saturated carbocycles. The molecule has 0 amide bonds. The summed E-state index contributed by atoms with van der Waals surface area (Å²) in [7, 11) is 0. The van der Waals surface area contributed by atoms with Crippen LogP contribution in [0.3, 0.4) is 0 Å². The second kappa shape index (κ2) is 2.52. The SMILES string of the molecule is c1cc2cc3c(cc2[nH]1)OCCC3. The molecule has 2 aromatic rings. The van der Waals surface area contributed by atoms with Crippen LogP contribution < -0.4 is 4.74 Å². The van der Waals surface area contributed by atoms with Gasteiger partial charge >= 0.3 is 0 Å². The Morgan fingerprint density at radius 1 is 1.31 bits per heavy atom. The molecule has 1 aromatic carbocycles. The zero-order valence-corrected chi connectivity index (χ0v) is 7.34. The summed E-state index contributed by atoms with van der Waals surface area (Å²) >= 11 is 0. The topological polar surface area (TPSA) is 25.0 Å². The number of aromatic nitrogens is 1. The number of ether oxygens (including phenoxy) is 1. The molecule has 3 rings (SSSR count). The van der Waals surface area contributed by atoms with Crippen LogP contribution >= 0.6 is 0 Å². The highest BCUT2D eigenvalue weighted by atomic mass is 16.5. The Hall–Kier alpha value is -1.44. The summed E-state index contributed by atoms with van der Waals surface area (Å²) < 4.78 is 5.58. The second-order valence-electron chi connectivity index (χ2n) is 3.48. The van der Waals surface area contributed by atoms with E-state index in [1.54, 1.807) is 0 Å². The van der Waals surface area contributed by atoms with Gasteiger partial charge in [0.15, 0.2) is 0 Å². The van der Waals surface area contributed by atoms with Gasteiger partial charge in [-0.3, -0.25) is 0 Å². The van der Waals surface area contributed by atoms with Crippen molar-refractivity contribution in [2.45, 2.75) is 12.8 Å².